The molecule has 0 bridgehead atoms. The van der Waals surface area contributed by atoms with E-state index in [1.807, 2.05) is 0 Å². The summed E-state index contributed by atoms with van der Waals surface area (Å²) in [7, 11) is 0. The fourth-order valence-electron chi connectivity index (χ4n) is 3.24. The van der Waals surface area contributed by atoms with Crippen LogP contribution in [0.3, 0.4) is 0 Å². The Bertz CT molecular complexity index is 246. The molecule has 0 aromatic carbocycles. The first-order valence-electron chi connectivity index (χ1n) is 7.31. The molecule has 2 nitrogen and oxygen atoms in total. The average Bonchev–Trinajstić information content (AvgIpc) is 2.33. The van der Waals surface area contributed by atoms with Crippen LogP contribution in [-0.2, 0) is 9.53 Å². The molecule has 2 aliphatic carbocycles. The molecule has 0 N–H and O–H groups in total. The third-order valence-electron chi connectivity index (χ3n) is 4.60. The maximum absolute atomic E-state index is 11.3. The Morgan fingerprint density at radius 3 is 1.82 bits per heavy atom. The number of carbonyl (C=O) groups is 1. The summed E-state index contributed by atoms with van der Waals surface area (Å²) in [5.74, 6) is 1.58. The van der Waals surface area contributed by atoms with E-state index in [4.69, 9.17) is 4.74 Å². The lowest BCUT2D eigenvalue weighted by atomic mass is 9.84. The van der Waals surface area contributed by atoms with Crippen molar-refractivity contribution in [2.45, 2.75) is 77.4 Å². The Kier molecular flexibility index (Phi) is 4.61. The van der Waals surface area contributed by atoms with Crippen LogP contribution in [0, 0.1) is 11.8 Å². The van der Waals surface area contributed by atoms with Crippen LogP contribution < -0.4 is 0 Å². The molecule has 0 radical (unpaired) electrons. The molecule has 2 fully saturated rings. The van der Waals surface area contributed by atoms with Crippen molar-refractivity contribution in [2.75, 3.05) is 0 Å². The van der Waals surface area contributed by atoms with Gasteiger partial charge in [0.1, 0.15) is 5.78 Å². The van der Waals surface area contributed by atoms with Gasteiger partial charge in [-0.3, -0.25) is 4.79 Å². The zero-order valence-electron chi connectivity index (χ0n) is 11.3. The molecule has 0 saturated heterocycles. The minimum atomic E-state index is 0.321. The number of rotatable bonds is 3. The molecule has 98 valence electrons. The van der Waals surface area contributed by atoms with Crippen LogP contribution in [0.4, 0.5) is 0 Å². The lowest BCUT2D eigenvalue weighted by molar-refractivity contribution is -0.123. The van der Waals surface area contributed by atoms with Crippen molar-refractivity contribution in [3.63, 3.8) is 0 Å². The van der Waals surface area contributed by atoms with Crippen molar-refractivity contribution >= 4 is 5.78 Å². The standard InChI is InChI=1S/C15H26O2/c1-11-3-7-14(8-4-11)17-15-9-5-13(6-10-15)12(2)16/h11,13-15H,3-10H2,1-2H3. The van der Waals surface area contributed by atoms with Crippen LogP contribution >= 0.6 is 0 Å². The summed E-state index contributed by atoms with van der Waals surface area (Å²) in [6.07, 6.45) is 10.4. The molecule has 2 rings (SSSR count). The highest BCUT2D eigenvalue weighted by Gasteiger charge is 2.27. The predicted octanol–water partition coefficient (Wildman–Crippen LogP) is 3.73. The van der Waals surface area contributed by atoms with Gasteiger partial charge in [-0.15, -0.1) is 0 Å². The highest BCUT2D eigenvalue weighted by Crippen LogP contribution is 2.31. The van der Waals surface area contributed by atoms with E-state index in [0.717, 1.165) is 31.6 Å². The number of ether oxygens (including phenoxy) is 1. The highest BCUT2D eigenvalue weighted by atomic mass is 16.5. The molecule has 0 amide bonds. The molecule has 0 atom stereocenters. The van der Waals surface area contributed by atoms with E-state index >= 15 is 0 Å². The minimum Gasteiger partial charge on any atom is -0.375 e. The first-order chi connectivity index (χ1) is 8.15. The number of hydrogen-bond donors (Lipinski definition) is 0. The molecule has 0 unspecified atom stereocenters. The van der Waals surface area contributed by atoms with E-state index in [0.29, 0.717) is 23.9 Å². The van der Waals surface area contributed by atoms with Crippen molar-refractivity contribution in [1.29, 1.82) is 0 Å². The average molecular weight is 238 g/mol. The maximum atomic E-state index is 11.3. The van der Waals surface area contributed by atoms with Gasteiger partial charge in [0.15, 0.2) is 0 Å². The fraction of sp³-hybridized carbons (Fsp3) is 0.933. The van der Waals surface area contributed by atoms with Crippen molar-refractivity contribution in [2.24, 2.45) is 11.8 Å². The molecule has 2 saturated carbocycles. The maximum Gasteiger partial charge on any atom is 0.132 e. The van der Waals surface area contributed by atoms with E-state index in [-0.39, 0.29) is 0 Å². The SMILES string of the molecule is CC(=O)C1CCC(OC2CCC(C)CC2)CC1. The van der Waals surface area contributed by atoms with Crippen molar-refractivity contribution in [3.05, 3.63) is 0 Å². The number of hydrogen-bond acceptors (Lipinski definition) is 2. The molecule has 0 aliphatic heterocycles. The quantitative estimate of drug-likeness (QED) is 0.749. The van der Waals surface area contributed by atoms with Crippen molar-refractivity contribution < 1.29 is 9.53 Å². The summed E-state index contributed by atoms with van der Waals surface area (Å²) in [5, 5.41) is 0. The summed E-state index contributed by atoms with van der Waals surface area (Å²) in [6, 6.07) is 0. The Morgan fingerprint density at radius 2 is 1.35 bits per heavy atom. The van der Waals surface area contributed by atoms with E-state index in [1.165, 1.54) is 25.7 Å². The minimum absolute atomic E-state index is 0.321. The van der Waals surface area contributed by atoms with Crippen LogP contribution in [0.5, 0.6) is 0 Å². The third-order valence-corrected chi connectivity index (χ3v) is 4.60. The van der Waals surface area contributed by atoms with Gasteiger partial charge in [-0.1, -0.05) is 6.92 Å². The van der Waals surface area contributed by atoms with Crippen LogP contribution in [0.2, 0.25) is 0 Å². The summed E-state index contributed by atoms with van der Waals surface area (Å²) < 4.78 is 6.20. The zero-order valence-corrected chi connectivity index (χ0v) is 11.3. The molecule has 0 heterocycles. The number of Topliss-reactive ketones (excluding diaryl/α,β-unsaturated/α-hetero) is 1. The van der Waals surface area contributed by atoms with Crippen molar-refractivity contribution in [3.8, 4) is 0 Å². The van der Waals surface area contributed by atoms with Gasteiger partial charge in [0.05, 0.1) is 12.2 Å². The molecule has 2 aliphatic rings. The number of carbonyl (C=O) groups excluding carboxylic acids is 1. The number of ketones is 1. The second-order valence-corrected chi connectivity index (χ2v) is 6.10. The molecular weight excluding hydrogens is 212 g/mol. The Hall–Kier alpha value is -0.370. The van der Waals surface area contributed by atoms with Crippen LogP contribution in [-0.4, -0.2) is 18.0 Å². The summed E-state index contributed by atoms with van der Waals surface area (Å²) in [6.45, 7) is 4.07. The molecule has 0 aromatic rings. The van der Waals surface area contributed by atoms with Gasteiger partial charge in [-0.2, -0.15) is 0 Å². The Labute approximate surface area is 105 Å². The van der Waals surface area contributed by atoms with Crippen LogP contribution in [0.15, 0.2) is 0 Å². The molecular formula is C15H26O2. The van der Waals surface area contributed by atoms with Gasteiger partial charge >= 0.3 is 0 Å². The third kappa shape index (κ3) is 3.80. The lowest BCUT2D eigenvalue weighted by Crippen LogP contribution is -2.30. The van der Waals surface area contributed by atoms with Gasteiger partial charge in [0, 0.05) is 5.92 Å². The molecule has 0 aromatic heterocycles. The van der Waals surface area contributed by atoms with Gasteiger partial charge in [0.25, 0.3) is 0 Å². The fourth-order valence-corrected chi connectivity index (χ4v) is 3.24. The van der Waals surface area contributed by atoms with E-state index in [9.17, 15) is 4.79 Å². The first kappa shape index (κ1) is 13.1. The van der Waals surface area contributed by atoms with E-state index in [2.05, 4.69) is 6.92 Å². The lowest BCUT2D eigenvalue weighted by Gasteiger charge is -2.33. The predicted molar refractivity (Wildman–Crippen MR) is 68.9 cm³/mol. The topological polar surface area (TPSA) is 26.3 Å². The normalized spacial score (nSPS) is 38.9. The van der Waals surface area contributed by atoms with Crippen LogP contribution in [0.25, 0.3) is 0 Å². The van der Waals surface area contributed by atoms with Gasteiger partial charge in [0.2, 0.25) is 0 Å². The van der Waals surface area contributed by atoms with Crippen LogP contribution in [0.1, 0.15) is 65.2 Å². The highest BCUT2D eigenvalue weighted by molar-refractivity contribution is 5.78. The van der Waals surface area contributed by atoms with Gasteiger partial charge in [-0.05, 0) is 64.2 Å². The Morgan fingerprint density at radius 1 is 0.882 bits per heavy atom. The largest absolute Gasteiger partial charge is 0.375 e. The second-order valence-electron chi connectivity index (χ2n) is 6.10. The van der Waals surface area contributed by atoms with Gasteiger partial charge in [-0.25, -0.2) is 0 Å². The monoisotopic (exact) mass is 238 g/mol. The summed E-state index contributed by atoms with van der Waals surface area (Å²) in [4.78, 5) is 11.3. The Balaban J connectivity index is 1.69. The van der Waals surface area contributed by atoms with E-state index in [1.54, 1.807) is 6.92 Å². The summed E-state index contributed by atoms with van der Waals surface area (Å²) >= 11 is 0. The van der Waals surface area contributed by atoms with Gasteiger partial charge < -0.3 is 4.74 Å². The molecule has 2 heteroatoms. The molecule has 0 spiro atoms. The smallest absolute Gasteiger partial charge is 0.132 e. The van der Waals surface area contributed by atoms with Crippen molar-refractivity contribution in [1.82, 2.24) is 0 Å². The second kappa shape index (κ2) is 5.99. The first-order valence-corrected chi connectivity index (χ1v) is 7.31. The summed E-state index contributed by atoms with van der Waals surface area (Å²) in [5.41, 5.74) is 0. The molecule has 17 heavy (non-hydrogen) atoms. The van der Waals surface area contributed by atoms with E-state index < -0.39 is 0 Å². The zero-order chi connectivity index (χ0) is 12.3.